The topological polar surface area (TPSA) is 29.5 Å². The second kappa shape index (κ2) is 6.18. The van der Waals surface area contributed by atoms with E-state index in [9.17, 15) is 9.18 Å². The van der Waals surface area contributed by atoms with Crippen molar-refractivity contribution in [3.8, 4) is 0 Å². The van der Waals surface area contributed by atoms with E-state index in [0.717, 1.165) is 39.2 Å². The molecule has 0 amide bonds. The Hall–Kier alpha value is -1.72. The van der Waals surface area contributed by atoms with Crippen molar-refractivity contribution in [2.75, 3.05) is 20.2 Å². The standard InChI is InChI=1S/C17H18FNO2S/c1-3-21-16(20)7-6-14-12-10-19(2)9-8-11-13(18)4-5-15(22-14)17(11)12/h4-7H,3,8-10H2,1-2H3/b7-6+. The van der Waals surface area contributed by atoms with Gasteiger partial charge in [0.2, 0.25) is 0 Å². The van der Waals surface area contributed by atoms with Crippen LogP contribution in [0.15, 0.2) is 18.2 Å². The quantitative estimate of drug-likeness (QED) is 0.639. The maximum Gasteiger partial charge on any atom is 0.330 e. The van der Waals surface area contributed by atoms with Crippen LogP contribution in [0.4, 0.5) is 4.39 Å². The van der Waals surface area contributed by atoms with Gasteiger partial charge in [0.15, 0.2) is 0 Å². The Balaban J connectivity index is 2.10. The molecular formula is C17H18FNO2S. The van der Waals surface area contributed by atoms with E-state index < -0.39 is 0 Å². The molecule has 1 aliphatic rings. The SMILES string of the molecule is CCOC(=O)/C=C/c1sc2ccc(F)c3c2c1CN(C)CC3. The summed E-state index contributed by atoms with van der Waals surface area (Å²) in [6, 6.07) is 3.37. The molecule has 0 saturated carbocycles. The van der Waals surface area contributed by atoms with Crippen molar-refractivity contribution in [2.45, 2.75) is 19.9 Å². The Morgan fingerprint density at radius 2 is 2.27 bits per heavy atom. The van der Waals surface area contributed by atoms with Gasteiger partial charge in [-0.3, -0.25) is 0 Å². The number of benzene rings is 1. The van der Waals surface area contributed by atoms with E-state index in [1.54, 1.807) is 30.4 Å². The maximum absolute atomic E-state index is 14.2. The molecule has 1 aliphatic heterocycles. The van der Waals surface area contributed by atoms with Gasteiger partial charge in [0, 0.05) is 34.1 Å². The third-order valence-electron chi connectivity index (χ3n) is 3.87. The van der Waals surface area contributed by atoms with Gasteiger partial charge in [-0.25, -0.2) is 9.18 Å². The monoisotopic (exact) mass is 319 g/mol. The van der Waals surface area contributed by atoms with Gasteiger partial charge in [-0.1, -0.05) is 0 Å². The summed E-state index contributed by atoms with van der Waals surface area (Å²) >= 11 is 1.59. The van der Waals surface area contributed by atoms with Crippen LogP contribution >= 0.6 is 11.3 Å². The Labute approximate surface area is 133 Å². The number of likely N-dealkylation sites (N-methyl/N-ethyl adjacent to an activating group) is 1. The second-order valence-corrected chi connectivity index (χ2v) is 6.50. The van der Waals surface area contributed by atoms with Crippen molar-refractivity contribution in [3.63, 3.8) is 0 Å². The van der Waals surface area contributed by atoms with Crippen LogP contribution in [0.25, 0.3) is 16.2 Å². The molecule has 0 bridgehead atoms. The van der Waals surface area contributed by atoms with E-state index >= 15 is 0 Å². The van der Waals surface area contributed by atoms with Crippen molar-refractivity contribution in [1.82, 2.24) is 4.90 Å². The fourth-order valence-electron chi connectivity index (χ4n) is 2.84. The third-order valence-corrected chi connectivity index (χ3v) is 5.03. The first-order valence-corrected chi connectivity index (χ1v) is 8.18. The number of thiophene rings is 1. The summed E-state index contributed by atoms with van der Waals surface area (Å²) in [5, 5.41) is 1.03. The Kier molecular flexibility index (Phi) is 4.27. The van der Waals surface area contributed by atoms with Gasteiger partial charge in [-0.05, 0) is 49.7 Å². The predicted octanol–water partition coefficient (Wildman–Crippen LogP) is 3.60. The van der Waals surface area contributed by atoms with Crippen molar-refractivity contribution in [3.05, 3.63) is 40.0 Å². The first-order valence-electron chi connectivity index (χ1n) is 7.36. The van der Waals surface area contributed by atoms with E-state index in [1.807, 2.05) is 13.1 Å². The van der Waals surface area contributed by atoms with Crippen LogP contribution in [-0.4, -0.2) is 31.1 Å². The zero-order valence-electron chi connectivity index (χ0n) is 12.7. The number of hydrogen-bond donors (Lipinski definition) is 0. The van der Waals surface area contributed by atoms with E-state index in [2.05, 4.69) is 4.90 Å². The molecule has 1 aromatic heterocycles. The molecule has 0 atom stereocenters. The molecule has 22 heavy (non-hydrogen) atoms. The zero-order chi connectivity index (χ0) is 15.7. The van der Waals surface area contributed by atoms with Gasteiger partial charge >= 0.3 is 5.97 Å². The van der Waals surface area contributed by atoms with Crippen molar-refractivity contribution in [2.24, 2.45) is 0 Å². The summed E-state index contributed by atoms with van der Waals surface area (Å²) < 4.78 is 20.2. The van der Waals surface area contributed by atoms with Gasteiger partial charge in [-0.2, -0.15) is 0 Å². The summed E-state index contributed by atoms with van der Waals surface area (Å²) in [7, 11) is 2.03. The number of halogens is 1. The maximum atomic E-state index is 14.2. The Morgan fingerprint density at radius 1 is 1.45 bits per heavy atom. The lowest BCUT2D eigenvalue weighted by molar-refractivity contribution is -0.137. The predicted molar refractivity (Wildman–Crippen MR) is 87.5 cm³/mol. The summed E-state index contributed by atoms with van der Waals surface area (Å²) in [5.74, 6) is -0.483. The highest BCUT2D eigenvalue weighted by Gasteiger charge is 2.21. The van der Waals surface area contributed by atoms with Crippen LogP contribution < -0.4 is 0 Å². The molecule has 2 aromatic rings. The molecule has 0 unspecified atom stereocenters. The Morgan fingerprint density at radius 3 is 3.05 bits per heavy atom. The van der Waals surface area contributed by atoms with Gasteiger partial charge < -0.3 is 9.64 Å². The lowest BCUT2D eigenvalue weighted by Crippen LogP contribution is -2.18. The molecule has 116 valence electrons. The van der Waals surface area contributed by atoms with Crippen LogP contribution in [0.1, 0.15) is 22.9 Å². The molecule has 2 heterocycles. The number of nitrogens with zero attached hydrogens (tertiary/aromatic N) is 1. The highest BCUT2D eigenvalue weighted by Crippen LogP contribution is 2.38. The number of rotatable bonds is 3. The number of carbonyl (C=O) groups is 1. The van der Waals surface area contributed by atoms with Crippen LogP contribution in [-0.2, 0) is 22.5 Å². The van der Waals surface area contributed by atoms with Crippen LogP contribution in [0.5, 0.6) is 0 Å². The average molecular weight is 319 g/mol. The van der Waals surface area contributed by atoms with Gasteiger partial charge in [0.05, 0.1) is 6.61 Å². The van der Waals surface area contributed by atoms with Gasteiger partial charge in [0.25, 0.3) is 0 Å². The molecule has 0 radical (unpaired) electrons. The average Bonchev–Trinajstić information content (AvgIpc) is 2.71. The van der Waals surface area contributed by atoms with E-state index in [0.29, 0.717) is 13.0 Å². The molecule has 0 N–H and O–H groups in total. The van der Waals surface area contributed by atoms with Crippen molar-refractivity contribution in [1.29, 1.82) is 0 Å². The lowest BCUT2D eigenvalue weighted by atomic mass is 10.0. The number of carbonyl (C=O) groups excluding carboxylic acids is 1. The van der Waals surface area contributed by atoms with E-state index in [4.69, 9.17) is 4.74 Å². The zero-order valence-corrected chi connectivity index (χ0v) is 13.5. The first-order chi connectivity index (χ1) is 10.6. The lowest BCUT2D eigenvalue weighted by Gasteiger charge is -2.13. The minimum absolute atomic E-state index is 0.136. The molecule has 0 fully saturated rings. The fraction of sp³-hybridized carbons (Fsp3) is 0.353. The van der Waals surface area contributed by atoms with Gasteiger partial charge in [0.1, 0.15) is 5.82 Å². The summed E-state index contributed by atoms with van der Waals surface area (Å²) in [4.78, 5) is 14.7. The molecule has 0 spiro atoms. The smallest absolute Gasteiger partial charge is 0.330 e. The van der Waals surface area contributed by atoms with Crippen molar-refractivity contribution < 1.29 is 13.9 Å². The molecule has 3 rings (SSSR count). The summed E-state index contributed by atoms with van der Waals surface area (Å²) in [6.07, 6.45) is 3.95. The van der Waals surface area contributed by atoms with Crippen LogP contribution in [0, 0.1) is 5.82 Å². The molecule has 0 aliphatic carbocycles. The Bertz CT molecular complexity index is 751. The van der Waals surface area contributed by atoms with Gasteiger partial charge in [-0.15, -0.1) is 11.3 Å². The summed E-state index contributed by atoms with van der Waals surface area (Å²) in [6.45, 7) is 3.74. The highest BCUT2D eigenvalue weighted by atomic mass is 32.1. The largest absolute Gasteiger partial charge is 0.463 e. The molecule has 5 heteroatoms. The second-order valence-electron chi connectivity index (χ2n) is 5.42. The normalized spacial score (nSPS) is 15.4. The van der Waals surface area contributed by atoms with Crippen LogP contribution in [0.2, 0.25) is 0 Å². The van der Waals surface area contributed by atoms with E-state index in [-0.39, 0.29) is 11.8 Å². The van der Waals surface area contributed by atoms with Crippen molar-refractivity contribution >= 4 is 33.5 Å². The number of ether oxygens (including phenoxy) is 1. The first kappa shape index (κ1) is 15.2. The molecule has 0 saturated heterocycles. The fourth-order valence-corrected chi connectivity index (χ4v) is 3.99. The molecule has 3 nitrogen and oxygen atoms in total. The minimum Gasteiger partial charge on any atom is -0.463 e. The highest BCUT2D eigenvalue weighted by molar-refractivity contribution is 7.20. The molecular weight excluding hydrogens is 301 g/mol. The number of esters is 1. The molecule has 1 aromatic carbocycles. The third kappa shape index (κ3) is 2.78. The van der Waals surface area contributed by atoms with Crippen LogP contribution in [0.3, 0.4) is 0 Å². The minimum atomic E-state index is -0.347. The van der Waals surface area contributed by atoms with E-state index in [1.165, 1.54) is 6.08 Å². The number of hydrogen-bond acceptors (Lipinski definition) is 4. The summed E-state index contributed by atoms with van der Waals surface area (Å²) in [5.41, 5.74) is 1.90.